The number of halogens is 3. The number of benzene rings is 3. The molecule has 45 heavy (non-hydrogen) atoms. The minimum atomic E-state index is -4.81. The first-order valence-electron chi connectivity index (χ1n) is 14.8. The van der Waals surface area contributed by atoms with Gasteiger partial charge in [-0.3, -0.25) is 14.5 Å². The molecule has 0 bridgehead atoms. The molecule has 1 spiro atoms. The highest BCUT2D eigenvalue weighted by molar-refractivity contribution is 5.96. The summed E-state index contributed by atoms with van der Waals surface area (Å²) in [4.78, 5) is 40.5. The number of anilines is 1. The number of rotatable bonds is 10. The van der Waals surface area contributed by atoms with Crippen LogP contribution in [-0.4, -0.2) is 52.9 Å². The van der Waals surface area contributed by atoms with Crippen LogP contribution >= 0.6 is 0 Å². The molecule has 8 nitrogen and oxygen atoms in total. The molecule has 2 N–H and O–H groups in total. The monoisotopic (exact) mass is 621 g/mol. The number of amides is 3. The maximum atomic E-state index is 14.0. The summed E-state index contributed by atoms with van der Waals surface area (Å²) < 4.78 is 42.1. The number of allylic oxidation sites excluding steroid dienone is 2. The number of aliphatic carboxylic acids is 1. The number of carboxylic acids is 1. The van der Waals surface area contributed by atoms with Crippen LogP contribution in [0.3, 0.4) is 0 Å². The third kappa shape index (κ3) is 8.03. The molecule has 0 atom stereocenters. The van der Waals surface area contributed by atoms with Crippen LogP contribution in [-0.2, 0) is 17.8 Å². The molecule has 0 aromatic heterocycles. The van der Waals surface area contributed by atoms with E-state index in [4.69, 9.17) is 5.11 Å². The molecule has 3 aromatic rings. The smallest absolute Gasteiger partial charge is 0.481 e. The average molecular weight is 622 g/mol. The summed E-state index contributed by atoms with van der Waals surface area (Å²) >= 11 is 0. The molecule has 1 aliphatic carbocycles. The van der Waals surface area contributed by atoms with Crippen LogP contribution < -0.4 is 15.0 Å². The lowest BCUT2D eigenvalue weighted by molar-refractivity contribution is -0.274. The second kappa shape index (κ2) is 13.5. The van der Waals surface area contributed by atoms with E-state index in [1.807, 2.05) is 23.1 Å². The molecule has 236 valence electrons. The Balaban J connectivity index is 1.33. The Bertz CT molecular complexity index is 1530. The summed E-state index contributed by atoms with van der Waals surface area (Å²) in [6.07, 6.45) is 1.21. The van der Waals surface area contributed by atoms with Gasteiger partial charge in [-0.25, -0.2) is 4.79 Å². The lowest BCUT2D eigenvalue weighted by atomic mass is 9.78. The molecule has 1 heterocycles. The number of hydrogen-bond donors (Lipinski definition) is 2. The fourth-order valence-corrected chi connectivity index (χ4v) is 5.93. The van der Waals surface area contributed by atoms with Gasteiger partial charge in [0.2, 0.25) is 0 Å². The van der Waals surface area contributed by atoms with Gasteiger partial charge in [0.05, 0.1) is 18.5 Å². The molecule has 1 saturated heterocycles. The first kappa shape index (κ1) is 31.6. The second-order valence-corrected chi connectivity index (χ2v) is 11.4. The second-order valence-electron chi connectivity index (χ2n) is 11.4. The van der Waals surface area contributed by atoms with Gasteiger partial charge >= 0.3 is 18.4 Å². The molecule has 2 aliphatic rings. The molecule has 0 unspecified atom stereocenters. The average Bonchev–Trinajstić information content (AvgIpc) is 3.27. The Hall–Kier alpha value is -4.80. The van der Waals surface area contributed by atoms with Crippen LogP contribution in [0.1, 0.15) is 53.6 Å². The highest BCUT2D eigenvalue weighted by Gasteiger charge is 2.50. The Kier molecular flexibility index (Phi) is 9.45. The Morgan fingerprint density at radius 2 is 1.60 bits per heavy atom. The summed E-state index contributed by atoms with van der Waals surface area (Å²) in [5.74, 6) is -1.75. The van der Waals surface area contributed by atoms with Crippen LogP contribution in [0.15, 0.2) is 90.5 Å². The van der Waals surface area contributed by atoms with Gasteiger partial charge in [0.1, 0.15) is 5.75 Å². The van der Waals surface area contributed by atoms with Gasteiger partial charge in [0.15, 0.2) is 0 Å². The Labute approximate surface area is 259 Å². The molecule has 3 aromatic carbocycles. The standard InChI is InChI=1S/C34H34F3N3O5/c35-34(36,37)45-29-14-12-28(13-15-29)39-23-33(19-16-25(17-20-33)7-6-24-4-2-1-3-5-24)40(32(39)44)22-26-8-10-27(11-9-26)31(43)38-21-18-30(41)42/h1-5,7-15H,6,16-23H2,(H,38,43)(H,41,42). The van der Waals surface area contributed by atoms with Crippen LogP contribution in [0.25, 0.3) is 0 Å². The molecule has 5 rings (SSSR count). The largest absolute Gasteiger partial charge is 0.573 e. The third-order valence-electron chi connectivity index (χ3n) is 8.34. The zero-order valence-corrected chi connectivity index (χ0v) is 24.6. The fraction of sp³-hybridized carbons (Fsp3) is 0.324. The van der Waals surface area contributed by atoms with E-state index in [2.05, 4.69) is 28.3 Å². The Morgan fingerprint density at radius 3 is 2.22 bits per heavy atom. The number of alkyl halides is 3. The minimum Gasteiger partial charge on any atom is -0.481 e. The Morgan fingerprint density at radius 1 is 0.933 bits per heavy atom. The summed E-state index contributed by atoms with van der Waals surface area (Å²) in [7, 11) is 0. The van der Waals surface area contributed by atoms with E-state index in [1.165, 1.54) is 35.4 Å². The lowest BCUT2D eigenvalue weighted by Gasteiger charge is -2.41. The van der Waals surface area contributed by atoms with E-state index < -0.39 is 17.9 Å². The maximum absolute atomic E-state index is 14.0. The molecule has 0 radical (unpaired) electrons. The molecule has 1 saturated carbocycles. The van der Waals surface area contributed by atoms with Crippen molar-refractivity contribution in [3.05, 3.63) is 107 Å². The number of ether oxygens (including phenoxy) is 1. The van der Waals surface area contributed by atoms with Crippen molar-refractivity contribution in [1.82, 2.24) is 10.2 Å². The highest BCUT2D eigenvalue weighted by atomic mass is 19.4. The maximum Gasteiger partial charge on any atom is 0.573 e. The van der Waals surface area contributed by atoms with Crippen LogP contribution in [0.2, 0.25) is 0 Å². The van der Waals surface area contributed by atoms with Crippen molar-refractivity contribution in [3.8, 4) is 5.75 Å². The SMILES string of the molecule is O=C(O)CCNC(=O)c1ccc(CN2C(=O)N(c3ccc(OC(F)(F)F)cc3)CC23CCC(=CCc2ccccc2)CC3)cc1. The number of carboxylic acid groups (broad SMARTS) is 1. The number of carbonyl (C=O) groups excluding carboxylic acids is 2. The zero-order valence-electron chi connectivity index (χ0n) is 24.6. The molecule has 2 fully saturated rings. The minimum absolute atomic E-state index is 0.0155. The zero-order chi connectivity index (χ0) is 32.0. The summed E-state index contributed by atoms with van der Waals surface area (Å²) in [5.41, 5.74) is 3.74. The van der Waals surface area contributed by atoms with E-state index in [0.29, 0.717) is 17.8 Å². The van der Waals surface area contributed by atoms with E-state index in [9.17, 15) is 27.6 Å². The predicted octanol–water partition coefficient (Wildman–Crippen LogP) is 6.71. The van der Waals surface area contributed by atoms with E-state index >= 15 is 0 Å². The van der Waals surface area contributed by atoms with Gasteiger partial charge in [-0.1, -0.05) is 54.1 Å². The lowest BCUT2D eigenvalue weighted by Crippen LogP contribution is -2.48. The predicted molar refractivity (Wildman–Crippen MR) is 162 cm³/mol. The van der Waals surface area contributed by atoms with Crippen molar-refractivity contribution in [2.45, 2.75) is 57.0 Å². The van der Waals surface area contributed by atoms with Crippen molar-refractivity contribution in [1.29, 1.82) is 0 Å². The molecule has 3 amide bonds. The van der Waals surface area contributed by atoms with Crippen molar-refractivity contribution in [2.75, 3.05) is 18.0 Å². The van der Waals surface area contributed by atoms with E-state index in [1.54, 1.807) is 29.2 Å². The van der Waals surface area contributed by atoms with Crippen molar-refractivity contribution < 1.29 is 37.4 Å². The van der Waals surface area contributed by atoms with Gasteiger partial charge in [0, 0.05) is 24.3 Å². The third-order valence-corrected chi connectivity index (χ3v) is 8.34. The van der Waals surface area contributed by atoms with E-state index in [0.717, 1.165) is 37.7 Å². The quantitative estimate of drug-likeness (QED) is 0.245. The van der Waals surface area contributed by atoms with Crippen LogP contribution in [0, 0.1) is 0 Å². The first-order valence-corrected chi connectivity index (χ1v) is 14.8. The fourth-order valence-electron chi connectivity index (χ4n) is 5.93. The normalized spacial score (nSPS) is 18.3. The summed E-state index contributed by atoms with van der Waals surface area (Å²) in [5, 5.41) is 11.4. The number of carbonyl (C=O) groups is 3. The number of urea groups is 1. The van der Waals surface area contributed by atoms with Gasteiger partial charge < -0.3 is 20.1 Å². The molecular formula is C34H34F3N3O5. The van der Waals surface area contributed by atoms with E-state index in [-0.39, 0.29) is 37.2 Å². The molecule has 1 aliphatic heterocycles. The first-order chi connectivity index (χ1) is 21.5. The summed E-state index contributed by atoms with van der Waals surface area (Å²) in [6.45, 7) is 0.692. The van der Waals surface area contributed by atoms with Gasteiger partial charge in [-0.15, -0.1) is 13.2 Å². The van der Waals surface area contributed by atoms with Crippen LogP contribution in [0.5, 0.6) is 5.75 Å². The van der Waals surface area contributed by atoms with Gasteiger partial charge in [0.25, 0.3) is 5.91 Å². The van der Waals surface area contributed by atoms with Gasteiger partial charge in [-0.2, -0.15) is 0 Å². The van der Waals surface area contributed by atoms with Crippen molar-refractivity contribution >= 4 is 23.6 Å². The highest BCUT2D eigenvalue weighted by Crippen LogP contribution is 2.44. The van der Waals surface area contributed by atoms with Crippen LogP contribution in [0.4, 0.5) is 23.7 Å². The number of hydrogen-bond acceptors (Lipinski definition) is 4. The van der Waals surface area contributed by atoms with Crippen molar-refractivity contribution in [2.24, 2.45) is 0 Å². The molecular weight excluding hydrogens is 587 g/mol. The molecule has 11 heteroatoms. The number of nitrogens with one attached hydrogen (secondary N) is 1. The topological polar surface area (TPSA) is 99.2 Å². The number of nitrogens with zero attached hydrogens (tertiary/aromatic N) is 2. The van der Waals surface area contributed by atoms with Gasteiger partial charge in [-0.05, 0) is 79.6 Å². The summed E-state index contributed by atoms with van der Waals surface area (Å²) in [6, 6.07) is 22.1. The van der Waals surface area contributed by atoms with Crippen molar-refractivity contribution in [3.63, 3.8) is 0 Å².